The van der Waals surface area contributed by atoms with Crippen molar-refractivity contribution < 1.29 is 14.6 Å². The predicted molar refractivity (Wildman–Crippen MR) is 81.2 cm³/mol. The molecule has 0 radical (unpaired) electrons. The number of aliphatic carboxylic acids is 1. The van der Waals surface area contributed by atoms with Crippen LogP contribution in [-0.2, 0) is 22.4 Å². The maximum absolute atomic E-state index is 12.6. The van der Waals surface area contributed by atoms with Gasteiger partial charge in [-0.2, -0.15) is 0 Å². The van der Waals surface area contributed by atoms with Crippen LogP contribution in [0.4, 0.5) is 0 Å². The van der Waals surface area contributed by atoms with Crippen molar-refractivity contribution in [2.45, 2.75) is 32.7 Å². The van der Waals surface area contributed by atoms with E-state index in [4.69, 9.17) is 4.74 Å². The summed E-state index contributed by atoms with van der Waals surface area (Å²) in [5.74, 6) is -0.600. The van der Waals surface area contributed by atoms with Gasteiger partial charge in [0.15, 0.2) is 0 Å². The summed E-state index contributed by atoms with van der Waals surface area (Å²) < 4.78 is 6.28. The van der Waals surface area contributed by atoms with Crippen molar-refractivity contribution in [3.8, 4) is 0 Å². The highest BCUT2D eigenvalue weighted by atomic mass is 32.1. The molecule has 2 heterocycles. The molecule has 2 aromatic heterocycles. The van der Waals surface area contributed by atoms with E-state index in [9.17, 15) is 14.7 Å². The molecule has 0 bridgehead atoms. The van der Waals surface area contributed by atoms with E-state index in [-0.39, 0.29) is 5.56 Å². The molecule has 0 aliphatic rings. The molecule has 1 atom stereocenters. The molecular weight excluding hydrogens is 292 g/mol. The Morgan fingerprint density at radius 2 is 2.29 bits per heavy atom. The minimum absolute atomic E-state index is 0.294. The molecule has 0 aliphatic heterocycles. The van der Waals surface area contributed by atoms with Gasteiger partial charge in [-0.1, -0.05) is 6.92 Å². The van der Waals surface area contributed by atoms with Crippen LogP contribution in [0.2, 0.25) is 0 Å². The summed E-state index contributed by atoms with van der Waals surface area (Å²) in [7, 11) is 1.56. The smallest absolute Gasteiger partial charge is 0.326 e. The Labute approximate surface area is 126 Å². The van der Waals surface area contributed by atoms with Gasteiger partial charge in [-0.3, -0.25) is 9.36 Å². The standard InChI is InChI=1S/C14H18N2O4S/c1-4-9-7-10-12(21-9)15-11(5-6-20-3)16(13(10)17)8(2)14(18)19/h7-8H,4-6H2,1-3H3,(H,18,19). The van der Waals surface area contributed by atoms with Crippen LogP contribution in [0.15, 0.2) is 10.9 Å². The number of fused-ring (bicyclic) bond motifs is 1. The lowest BCUT2D eigenvalue weighted by molar-refractivity contribution is -0.140. The summed E-state index contributed by atoms with van der Waals surface area (Å²) in [6.07, 6.45) is 1.22. The molecule has 0 aromatic carbocycles. The molecule has 6 nitrogen and oxygen atoms in total. The van der Waals surface area contributed by atoms with Crippen molar-refractivity contribution in [1.29, 1.82) is 0 Å². The number of nitrogens with zero attached hydrogens (tertiary/aromatic N) is 2. The first kappa shape index (κ1) is 15.7. The molecule has 114 valence electrons. The number of hydrogen-bond donors (Lipinski definition) is 1. The Bertz CT molecular complexity index is 720. The first-order valence-corrected chi connectivity index (χ1v) is 7.56. The van der Waals surface area contributed by atoms with Crippen LogP contribution < -0.4 is 5.56 Å². The Morgan fingerprint density at radius 3 is 2.86 bits per heavy atom. The van der Waals surface area contributed by atoms with E-state index >= 15 is 0 Å². The summed E-state index contributed by atoms with van der Waals surface area (Å²) in [6.45, 7) is 3.88. The summed E-state index contributed by atoms with van der Waals surface area (Å²) in [5.41, 5.74) is -0.294. The lowest BCUT2D eigenvalue weighted by Gasteiger charge is -2.15. The number of rotatable bonds is 6. The van der Waals surface area contributed by atoms with Gasteiger partial charge in [0.1, 0.15) is 16.7 Å². The van der Waals surface area contributed by atoms with Crippen LogP contribution >= 0.6 is 11.3 Å². The fourth-order valence-corrected chi connectivity index (χ4v) is 3.12. The number of hydrogen-bond acceptors (Lipinski definition) is 5. The van der Waals surface area contributed by atoms with E-state index in [0.29, 0.717) is 29.1 Å². The zero-order valence-electron chi connectivity index (χ0n) is 12.3. The molecule has 2 aromatic rings. The van der Waals surface area contributed by atoms with E-state index in [2.05, 4.69) is 4.98 Å². The van der Waals surface area contributed by atoms with Crippen molar-refractivity contribution >= 4 is 27.5 Å². The van der Waals surface area contributed by atoms with Crippen molar-refractivity contribution in [1.82, 2.24) is 9.55 Å². The third-order valence-electron chi connectivity index (χ3n) is 3.34. The molecule has 21 heavy (non-hydrogen) atoms. The lowest BCUT2D eigenvalue weighted by Crippen LogP contribution is -2.32. The fraction of sp³-hybridized carbons (Fsp3) is 0.500. The zero-order chi connectivity index (χ0) is 15.6. The van der Waals surface area contributed by atoms with Gasteiger partial charge in [0.25, 0.3) is 5.56 Å². The highest BCUT2D eigenvalue weighted by Gasteiger charge is 2.21. The molecule has 1 N–H and O–H groups in total. The van der Waals surface area contributed by atoms with Crippen LogP contribution in [-0.4, -0.2) is 34.3 Å². The van der Waals surface area contributed by atoms with Gasteiger partial charge in [-0.15, -0.1) is 11.3 Å². The Balaban J connectivity index is 2.68. The summed E-state index contributed by atoms with van der Waals surface area (Å²) >= 11 is 1.48. The average molecular weight is 310 g/mol. The largest absolute Gasteiger partial charge is 0.480 e. The van der Waals surface area contributed by atoms with Crippen molar-refractivity contribution in [3.63, 3.8) is 0 Å². The minimum Gasteiger partial charge on any atom is -0.480 e. The molecule has 0 aliphatic carbocycles. The number of aryl methyl sites for hydroxylation is 1. The van der Waals surface area contributed by atoms with Gasteiger partial charge in [-0.25, -0.2) is 9.78 Å². The van der Waals surface area contributed by atoms with Gasteiger partial charge in [0.2, 0.25) is 0 Å². The maximum atomic E-state index is 12.6. The van der Waals surface area contributed by atoms with Crippen molar-refractivity contribution in [3.05, 3.63) is 27.1 Å². The highest BCUT2D eigenvalue weighted by molar-refractivity contribution is 7.18. The number of methoxy groups -OCH3 is 1. The first-order chi connectivity index (χ1) is 9.99. The maximum Gasteiger partial charge on any atom is 0.326 e. The molecule has 7 heteroatoms. The monoisotopic (exact) mass is 310 g/mol. The van der Waals surface area contributed by atoms with E-state index in [1.54, 1.807) is 13.2 Å². The van der Waals surface area contributed by atoms with Crippen LogP contribution in [0.3, 0.4) is 0 Å². The number of ether oxygens (including phenoxy) is 1. The minimum atomic E-state index is -1.05. The lowest BCUT2D eigenvalue weighted by atomic mass is 10.2. The molecule has 0 fully saturated rings. The van der Waals surface area contributed by atoms with Gasteiger partial charge in [0.05, 0.1) is 12.0 Å². The van der Waals surface area contributed by atoms with Gasteiger partial charge in [0, 0.05) is 18.4 Å². The SMILES string of the molecule is CCc1cc2c(=O)n(C(C)C(=O)O)c(CCOC)nc2s1. The average Bonchev–Trinajstić information content (AvgIpc) is 2.88. The quantitative estimate of drug-likeness (QED) is 0.880. The van der Waals surface area contributed by atoms with Crippen LogP contribution in [0.25, 0.3) is 10.2 Å². The number of thiophene rings is 1. The topological polar surface area (TPSA) is 81.4 Å². The highest BCUT2D eigenvalue weighted by Crippen LogP contribution is 2.23. The Hall–Kier alpha value is -1.73. The van der Waals surface area contributed by atoms with Crippen LogP contribution in [0.1, 0.15) is 30.6 Å². The van der Waals surface area contributed by atoms with Gasteiger partial charge < -0.3 is 9.84 Å². The number of carbonyl (C=O) groups is 1. The second kappa shape index (κ2) is 6.36. The van der Waals surface area contributed by atoms with Crippen LogP contribution in [0, 0.1) is 0 Å². The van der Waals surface area contributed by atoms with Crippen molar-refractivity contribution in [2.24, 2.45) is 0 Å². The normalized spacial score (nSPS) is 12.7. The Kier molecular flexibility index (Phi) is 4.74. The van der Waals surface area contributed by atoms with E-state index < -0.39 is 12.0 Å². The predicted octanol–water partition coefficient (Wildman–Crippen LogP) is 1.85. The van der Waals surface area contributed by atoms with E-state index in [1.807, 2.05) is 6.92 Å². The van der Waals surface area contributed by atoms with Gasteiger partial charge >= 0.3 is 5.97 Å². The Morgan fingerprint density at radius 1 is 1.57 bits per heavy atom. The molecular formula is C14H18N2O4S. The summed E-state index contributed by atoms with van der Waals surface area (Å²) in [5, 5.41) is 9.71. The molecule has 0 saturated carbocycles. The molecule has 2 rings (SSSR count). The molecule has 0 spiro atoms. The summed E-state index contributed by atoms with van der Waals surface area (Å²) in [4.78, 5) is 30.1. The third-order valence-corrected chi connectivity index (χ3v) is 4.52. The second-order valence-electron chi connectivity index (χ2n) is 4.75. The zero-order valence-corrected chi connectivity index (χ0v) is 13.1. The molecule has 0 amide bonds. The molecule has 0 saturated heterocycles. The number of carboxylic acids is 1. The van der Waals surface area contributed by atoms with Gasteiger partial charge in [-0.05, 0) is 19.4 Å². The van der Waals surface area contributed by atoms with Crippen molar-refractivity contribution in [2.75, 3.05) is 13.7 Å². The number of carboxylic acid groups (broad SMARTS) is 1. The van der Waals surface area contributed by atoms with E-state index in [0.717, 1.165) is 11.3 Å². The first-order valence-electron chi connectivity index (χ1n) is 6.75. The summed E-state index contributed by atoms with van der Waals surface area (Å²) in [6, 6.07) is 0.853. The number of aromatic nitrogens is 2. The van der Waals surface area contributed by atoms with Crippen LogP contribution in [0.5, 0.6) is 0 Å². The molecule has 1 unspecified atom stereocenters. The van der Waals surface area contributed by atoms with E-state index in [1.165, 1.54) is 22.8 Å². The second-order valence-corrected chi connectivity index (χ2v) is 5.86. The third kappa shape index (κ3) is 2.98. The fourth-order valence-electron chi connectivity index (χ4n) is 2.14.